The summed E-state index contributed by atoms with van der Waals surface area (Å²) in [5.41, 5.74) is -0.333. The summed E-state index contributed by atoms with van der Waals surface area (Å²) in [6.07, 6.45) is 10.2. The molecule has 114 valence electrons. The van der Waals surface area contributed by atoms with Gasteiger partial charge in [0.1, 0.15) is 0 Å². The predicted octanol–water partition coefficient (Wildman–Crippen LogP) is 2.23. The highest BCUT2D eigenvalue weighted by Gasteiger charge is 2.40. The summed E-state index contributed by atoms with van der Waals surface area (Å²) in [4.78, 5) is 14.3. The van der Waals surface area contributed by atoms with Crippen LogP contribution in [0.15, 0.2) is 10.2 Å². The lowest BCUT2D eigenvalue weighted by Gasteiger charge is -2.19. The zero-order valence-electron chi connectivity index (χ0n) is 12.5. The first-order valence-corrected chi connectivity index (χ1v) is 7.95. The molecule has 3 aliphatic rings. The van der Waals surface area contributed by atoms with Crippen molar-refractivity contribution in [2.45, 2.75) is 44.2 Å². The first-order valence-electron chi connectivity index (χ1n) is 7.95. The summed E-state index contributed by atoms with van der Waals surface area (Å²) in [6, 6.07) is 0. The first-order chi connectivity index (χ1) is 10.2. The normalized spacial score (nSPS) is 29.6. The summed E-state index contributed by atoms with van der Waals surface area (Å²) in [5.74, 6) is 4.14. The molecule has 1 amide bonds. The highest BCUT2D eigenvalue weighted by Crippen LogP contribution is 2.38. The van der Waals surface area contributed by atoms with Gasteiger partial charge in [0.2, 0.25) is 5.91 Å². The molecule has 21 heavy (non-hydrogen) atoms. The lowest BCUT2D eigenvalue weighted by molar-refractivity contribution is -0.130. The van der Waals surface area contributed by atoms with Crippen LogP contribution >= 0.6 is 0 Å². The molecule has 0 bridgehead atoms. The molecule has 3 heterocycles. The Kier molecular flexibility index (Phi) is 4.25. The van der Waals surface area contributed by atoms with Crippen molar-refractivity contribution in [3.63, 3.8) is 0 Å². The summed E-state index contributed by atoms with van der Waals surface area (Å²) in [6.45, 7) is 3.56. The number of nitrogens with zero attached hydrogens (tertiary/aromatic N) is 3. The van der Waals surface area contributed by atoms with Crippen LogP contribution in [0.4, 0.5) is 0 Å². The van der Waals surface area contributed by atoms with E-state index in [2.05, 4.69) is 16.1 Å². The number of carbonyl (C=O) groups excluding carboxylic acids is 1. The minimum absolute atomic E-state index is 0.244. The van der Waals surface area contributed by atoms with Gasteiger partial charge >= 0.3 is 0 Å². The molecule has 3 rings (SSSR count). The second-order valence-electron chi connectivity index (χ2n) is 6.40. The van der Waals surface area contributed by atoms with Crippen LogP contribution in [0.1, 0.15) is 38.5 Å². The minimum Gasteiger partial charge on any atom is -0.381 e. The monoisotopic (exact) mass is 289 g/mol. The Bertz CT molecular complexity index is 457. The van der Waals surface area contributed by atoms with Crippen molar-refractivity contribution in [3.8, 4) is 12.3 Å². The Morgan fingerprint density at radius 1 is 1.33 bits per heavy atom. The second-order valence-corrected chi connectivity index (χ2v) is 6.40. The highest BCUT2D eigenvalue weighted by atomic mass is 16.5. The fourth-order valence-corrected chi connectivity index (χ4v) is 3.46. The largest absolute Gasteiger partial charge is 0.381 e. The van der Waals surface area contributed by atoms with Crippen LogP contribution in [0.2, 0.25) is 0 Å². The fourth-order valence-electron chi connectivity index (χ4n) is 3.46. The van der Waals surface area contributed by atoms with Gasteiger partial charge in [0.25, 0.3) is 0 Å². The number of rotatable bonds is 6. The van der Waals surface area contributed by atoms with Crippen LogP contribution in [-0.2, 0) is 9.53 Å². The molecule has 0 aliphatic carbocycles. The predicted molar refractivity (Wildman–Crippen MR) is 78.5 cm³/mol. The summed E-state index contributed by atoms with van der Waals surface area (Å²) in [7, 11) is 0. The Hall–Kier alpha value is -1.41. The van der Waals surface area contributed by atoms with Gasteiger partial charge in [0, 0.05) is 52.0 Å². The fraction of sp³-hybridized carbons (Fsp3) is 0.812. The number of hydrogen-bond donors (Lipinski definition) is 0. The lowest BCUT2D eigenvalue weighted by atomic mass is 9.91. The molecule has 0 radical (unpaired) electrons. The number of amides is 1. The van der Waals surface area contributed by atoms with Gasteiger partial charge in [-0.05, 0) is 24.7 Å². The van der Waals surface area contributed by atoms with Gasteiger partial charge < -0.3 is 9.64 Å². The van der Waals surface area contributed by atoms with E-state index in [1.807, 2.05) is 4.90 Å². The van der Waals surface area contributed by atoms with E-state index in [0.29, 0.717) is 31.1 Å². The molecule has 3 aliphatic heterocycles. The Labute approximate surface area is 126 Å². The molecule has 0 aromatic rings. The highest BCUT2D eigenvalue weighted by molar-refractivity contribution is 5.76. The lowest BCUT2D eigenvalue weighted by Crippen LogP contribution is -2.30. The summed E-state index contributed by atoms with van der Waals surface area (Å²) in [5, 5.41) is 8.18. The van der Waals surface area contributed by atoms with Crippen LogP contribution in [-0.4, -0.2) is 42.8 Å². The molecule has 2 fully saturated rings. The van der Waals surface area contributed by atoms with Crippen LogP contribution in [0.5, 0.6) is 0 Å². The molecule has 2 saturated heterocycles. The molecule has 5 nitrogen and oxygen atoms in total. The zero-order valence-corrected chi connectivity index (χ0v) is 12.5. The van der Waals surface area contributed by atoms with Crippen molar-refractivity contribution < 1.29 is 9.53 Å². The number of likely N-dealkylation sites (tertiary alicyclic amines) is 1. The molecular weight excluding hydrogens is 266 g/mol. The van der Waals surface area contributed by atoms with Crippen molar-refractivity contribution in [3.05, 3.63) is 0 Å². The molecule has 0 N–H and O–H groups in total. The van der Waals surface area contributed by atoms with E-state index in [4.69, 9.17) is 11.2 Å². The van der Waals surface area contributed by atoms with Gasteiger partial charge in [-0.3, -0.25) is 4.79 Å². The van der Waals surface area contributed by atoms with E-state index >= 15 is 0 Å². The smallest absolute Gasteiger partial charge is 0.222 e. The topological polar surface area (TPSA) is 54.3 Å². The van der Waals surface area contributed by atoms with Crippen molar-refractivity contribution in [1.82, 2.24) is 4.90 Å². The van der Waals surface area contributed by atoms with E-state index < -0.39 is 0 Å². The van der Waals surface area contributed by atoms with Crippen LogP contribution in [0.25, 0.3) is 0 Å². The van der Waals surface area contributed by atoms with Gasteiger partial charge in [-0.25, -0.2) is 0 Å². The average molecular weight is 289 g/mol. The SMILES string of the molecule is C#CCCC1(CCC(=O)N2CCC(C3CCOC3)C2)N=N1. The molecule has 5 heteroatoms. The molecule has 0 saturated carbocycles. The third-order valence-electron chi connectivity index (χ3n) is 5.00. The molecule has 2 unspecified atom stereocenters. The first kappa shape index (κ1) is 14.5. The molecule has 2 atom stereocenters. The van der Waals surface area contributed by atoms with Crippen molar-refractivity contribution in [2.24, 2.45) is 22.1 Å². The van der Waals surface area contributed by atoms with Gasteiger partial charge in [0.15, 0.2) is 5.66 Å². The zero-order chi connectivity index (χ0) is 14.7. The molecule has 0 spiro atoms. The summed E-state index contributed by atoms with van der Waals surface area (Å²) >= 11 is 0. The van der Waals surface area contributed by atoms with Gasteiger partial charge in [0.05, 0.1) is 0 Å². The van der Waals surface area contributed by atoms with Crippen LogP contribution in [0.3, 0.4) is 0 Å². The third-order valence-corrected chi connectivity index (χ3v) is 5.00. The Balaban J connectivity index is 1.41. The molecule has 0 aromatic carbocycles. The number of ether oxygens (including phenoxy) is 1. The molecular formula is C16H23N3O2. The number of hydrogen-bond acceptors (Lipinski definition) is 4. The maximum Gasteiger partial charge on any atom is 0.222 e. The van der Waals surface area contributed by atoms with Crippen LogP contribution in [0, 0.1) is 24.2 Å². The minimum atomic E-state index is -0.333. The number of terminal acetylenes is 1. The van der Waals surface area contributed by atoms with Gasteiger partial charge in [-0.2, -0.15) is 10.2 Å². The average Bonchev–Trinajstić information content (AvgIpc) is 2.94. The quantitative estimate of drug-likeness (QED) is 0.704. The standard InChI is InChI=1S/C16H23N3O2/c1-2-3-7-16(17-18-16)8-4-15(20)19-9-5-13(11-19)14-6-10-21-12-14/h1,13-14H,3-12H2. The third kappa shape index (κ3) is 3.44. The Morgan fingerprint density at radius 2 is 2.19 bits per heavy atom. The van der Waals surface area contributed by atoms with Crippen LogP contribution < -0.4 is 0 Å². The van der Waals surface area contributed by atoms with E-state index in [1.54, 1.807) is 0 Å². The molecule has 0 aromatic heterocycles. The maximum atomic E-state index is 12.3. The second kappa shape index (κ2) is 6.15. The van der Waals surface area contributed by atoms with Crippen molar-refractivity contribution in [2.75, 3.05) is 26.3 Å². The summed E-state index contributed by atoms with van der Waals surface area (Å²) < 4.78 is 5.46. The van der Waals surface area contributed by atoms with E-state index in [0.717, 1.165) is 45.6 Å². The van der Waals surface area contributed by atoms with Crippen molar-refractivity contribution in [1.29, 1.82) is 0 Å². The Morgan fingerprint density at radius 3 is 2.86 bits per heavy atom. The van der Waals surface area contributed by atoms with Gasteiger partial charge in [-0.1, -0.05) is 0 Å². The van der Waals surface area contributed by atoms with E-state index in [9.17, 15) is 4.79 Å². The maximum absolute atomic E-state index is 12.3. The van der Waals surface area contributed by atoms with Gasteiger partial charge in [-0.15, -0.1) is 12.3 Å². The van der Waals surface area contributed by atoms with E-state index in [1.165, 1.54) is 0 Å². The van der Waals surface area contributed by atoms with Crippen molar-refractivity contribution >= 4 is 5.91 Å². The number of carbonyl (C=O) groups is 1. The van der Waals surface area contributed by atoms with E-state index in [-0.39, 0.29) is 11.6 Å².